The standard InChI is InChI=1S/C24H26FN7O2S/c1-31-18-12-26-21(32-8-7-16(11-25)13-32)10-19(18)35-14-17(24(31)34)27-23(33)22-28-20(29-30-22)9-15-5-3-2-4-6-15/h2-6,10,12,16-17H,7-9,11,13-14H2,1H3,(H,27,33)(H,28,29,30)/t16-,17+/m1/s1. The molecule has 0 aliphatic carbocycles. The number of carbonyl (C=O) groups excluding carboxylic acids is 2. The number of benzene rings is 1. The van der Waals surface area contributed by atoms with Gasteiger partial charge in [0.25, 0.3) is 5.91 Å². The average Bonchev–Trinajstić information content (AvgIpc) is 3.54. The topological polar surface area (TPSA) is 107 Å². The molecular formula is C24H26FN7O2S. The summed E-state index contributed by atoms with van der Waals surface area (Å²) in [6.45, 7) is 1.08. The molecule has 0 bridgehead atoms. The first-order valence-corrected chi connectivity index (χ1v) is 12.5. The van der Waals surface area contributed by atoms with Crippen molar-refractivity contribution in [3.05, 3.63) is 59.8 Å². The molecule has 2 aliphatic heterocycles. The van der Waals surface area contributed by atoms with Crippen LogP contribution >= 0.6 is 11.8 Å². The van der Waals surface area contributed by atoms with Crippen LogP contribution in [0.2, 0.25) is 0 Å². The summed E-state index contributed by atoms with van der Waals surface area (Å²) in [6.07, 6.45) is 3.01. The maximum atomic E-state index is 13.1. The van der Waals surface area contributed by atoms with E-state index in [1.54, 1.807) is 13.2 Å². The van der Waals surface area contributed by atoms with Gasteiger partial charge in [-0.15, -0.1) is 16.9 Å². The average molecular weight is 496 g/mol. The van der Waals surface area contributed by atoms with Crippen molar-refractivity contribution in [2.24, 2.45) is 5.92 Å². The second-order valence-electron chi connectivity index (χ2n) is 8.77. The van der Waals surface area contributed by atoms with Crippen LogP contribution in [0.15, 0.2) is 47.5 Å². The third-order valence-corrected chi connectivity index (χ3v) is 7.45. The highest BCUT2D eigenvalue weighted by Gasteiger charge is 2.32. The van der Waals surface area contributed by atoms with Gasteiger partial charge in [0.2, 0.25) is 11.7 Å². The van der Waals surface area contributed by atoms with Gasteiger partial charge in [-0.2, -0.15) is 0 Å². The molecule has 4 heterocycles. The molecule has 35 heavy (non-hydrogen) atoms. The maximum Gasteiger partial charge on any atom is 0.291 e. The zero-order chi connectivity index (χ0) is 24.4. The largest absolute Gasteiger partial charge is 0.356 e. The molecule has 0 radical (unpaired) electrons. The number of amides is 2. The highest BCUT2D eigenvalue weighted by atomic mass is 32.2. The quantitative estimate of drug-likeness (QED) is 0.541. The highest BCUT2D eigenvalue weighted by molar-refractivity contribution is 7.99. The molecule has 2 atom stereocenters. The first-order valence-electron chi connectivity index (χ1n) is 11.5. The fourth-order valence-electron chi connectivity index (χ4n) is 4.31. The molecular weight excluding hydrogens is 469 g/mol. The number of H-pyrrole nitrogens is 1. The van der Waals surface area contributed by atoms with Crippen LogP contribution < -0.4 is 15.1 Å². The number of thioether (sulfide) groups is 1. The summed E-state index contributed by atoms with van der Waals surface area (Å²) in [5, 5.41) is 9.61. The van der Waals surface area contributed by atoms with Crippen molar-refractivity contribution in [1.29, 1.82) is 0 Å². The molecule has 1 fully saturated rings. The van der Waals surface area contributed by atoms with Gasteiger partial charge in [-0.1, -0.05) is 30.3 Å². The molecule has 2 N–H and O–H groups in total. The third-order valence-electron chi connectivity index (χ3n) is 6.31. The van der Waals surface area contributed by atoms with E-state index in [1.807, 2.05) is 36.4 Å². The Bertz CT molecular complexity index is 1220. The number of nitrogens with zero attached hydrogens (tertiary/aromatic N) is 5. The van der Waals surface area contributed by atoms with Crippen molar-refractivity contribution >= 4 is 35.1 Å². The van der Waals surface area contributed by atoms with Gasteiger partial charge in [0, 0.05) is 43.1 Å². The van der Waals surface area contributed by atoms with Gasteiger partial charge in [-0.3, -0.25) is 19.1 Å². The minimum Gasteiger partial charge on any atom is -0.356 e. The van der Waals surface area contributed by atoms with Gasteiger partial charge < -0.3 is 15.1 Å². The lowest BCUT2D eigenvalue weighted by molar-refractivity contribution is -0.119. The summed E-state index contributed by atoms with van der Waals surface area (Å²) in [5.41, 5.74) is 1.73. The van der Waals surface area contributed by atoms with Gasteiger partial charge in [0.05, 0.1) is 18.6 Å². The normalized spacial score (nSPS) is 20.0. The number of nitrogens with one attached hydrogen (secondary N) is 2. The Morgan fingerprint density at radius 2 is 2.14 bits per heavy atom. The zero-order valence-corrected chi connectivity index (χ0v) is 20.1. The van der Waals surface area contributed by atoms with Gasteiger partial charge in [0.1, 0.15) is 17.7 Å². The summed E-state index contributed by atoms with van der Waals surface area (Å²) in [5.74, 6) is 1.00. The Morgan fingerprint density at radius 3 is 2.91 bits per heavy atom. The fraction of sp³-hybridized carbons (Fsp3) is 0.375. The van der Waals surface area contributed by atoms with Crippen LogP contribution in [0.25, 0.3) is 0 Å². The molecule has 0 spiro atoms. The van der Waals surface area contributed by atoms with E-state index in [-0.39, 0.29) is 24.3 Å². The SMILES string of the molecule is CN1C(=O)[C@@H](NC(=O)c2n[nH]c(Cc3ccccc3)n2)CSc2cc(N3CC[C@H](CF)C3)ncc21. The van der Waals surface area contributed by atoms with Crippen LogP contribution in [0, 0.1) is 5.92 Å². The molecule has 5 rings (SSSR count). The molecule has 2 amide bonds. The maximum absolute atomic E-state index is 13.1. The number of hydrogen-bond donors (Lipinski definition) is 2. The summed E-state index contributed by atoms with van der Waals surface area (Å²) in [4.78, 5) is 39.2. The summed E-state index contributed by atoms with van der Waals surface area (Å²) in [7, 11) is 1.67. The van der Waals surface area contributed by atoms with Gasteiger partial charge in [-0.25, -0.2) is 9.97 Å². The smallest absolute Gasteiger partial charge is 0.291 e. The number of anilines is 2. The summed E-state index contributed by atoms with van der Waals surface area (Å²) >= 11 is 1.48. The van der Waals surface area contributed by atoms with Crippen LogP contribution in [0.1, 0.15) is 28.4 Å². The van der Waals surface area contributed by atoms with E-state index in [1.165, 1.54) is 16.7 Å². The first kappa shape index (κ1) is 23.3. The van der Waals surface area contributed by atoms with E-state index in [0.29, 0.717) is 30.2 Å². The third kappa shape index (κ3) is 5.00. The summed E-state index contributed by atoms with van der Waals surface area (Å²) in [6, 6.07) is 11.0. The molecule has 2 aromatic heterocycles. The molecule has 11 heteroatoms. The van der Waals surface area contributed by atoms with E-state index in [4.69, 9.17) is 0 Å². The van der Waals surface area contributed by atoms with Crippen molar-refractivity contribution in [3.63, 3.8) is 0 Å². The lowest BCUT2D eigenvalue weighted by atomic mass is 10.1. The van der Waals surface area contributed by atoms with Crippen molar-refractivity contribution in [2.45, 2.75) is 23.8 Å². The van der Waals surface area contributed by atoms with Crippen LogP contribution in [-0.4, -0.2) is 70.6 Å². The van der Waals surface area contributed by atoms with E-state index < -0.39 is 11.9 Å². The van der Waals surface area contributed by atoms with E-state index in [0.717, 1.165) is 29.2 Å². The monoisotopic (exact) mass is 495 g/mol. The lowest BCUT2D eigenvalue weighted by Crippen LogP contribution is -2.48. The Labute approximate surface area is 206 Å². The van der Waals surface area contributed by atoms with E-state index in [9.17, 15) is 14.0 Å². The number of fused-ring (bicyclic) bond motifs is 1. The molecule has 3 aromatic rings. The number of carbonyl (C=O) groups is 2. The first-order chi connectivity index (χ1) is 17.0. The molecule has 0 saturated carbocycles. The van der Waals surface area contributed by atoms with E-state index in [2.05, 4.69) is 30.4 Å². The van der Waals surface area contributed by atoms with Crippen molar-refractivity contribution < 1.29 is 14.0 Å². The zero-order valence-electron chi connectivity index (χ0n) is 19.3. The molecule has 1 saturated heterocycles. The number of pyridine rings is 1. The number of halogens is 1. The number of aromatic amines is 1. The minimum absolute atomic E-state index is 0.00134. The number of likely N-dealkylation sites (N-methyl/N-ethyl adjacent to an activating group) is 1. The molecule has 182 valence electrons. The van der Waals surface area contributed by atoms with Gasteiger partial charge >= 0.3 is 0 Å². The van der Waals surface area contributed by atoms with Gasteiger partial charge in [-0.05, 0) is 18.1 Å². The Morgan fingerprint density at radius 1 is 1.31 bits per heavy atom. The van der Waals surface area contributed by atoms with Crippen LogP contribution in [0.3, 0.4) is 0 Å². The Hall–Kier alpha value is -3.47. The molecule has 9 nitrogen and oxygen atoms in total. The molecule has 1 aromatic carbocycles. The second kappa shape index (κ2) is 10.0. The Kier molecular flexibility index (Phi) is 6.67. The summed E-state index contributed by atoms with van der Waals surface area (Å²) < 4.78 is 13.0. The van der Waals surface area contributed by atoms with Crippen molar-refractivity contribution in [3.8, 4) is 0 Å². The van der Waals surface area contributed by atoms with Crippen molar-refractivity contribution in [2.75, 3.05) is 42.4 Å². The molecule has 2 aliphatic rings. The highest BCUT2D eigenvalue weighted by Crippen LogP contribution is 2.36. The number of aromatic nitrogens is 4. The predicted molar refractivity (Wildman–Crippen MR) is 132 cm³/mol. The lowest BCUT2D eigenvalue weighted by Gasteiger charge is -2.22. The molecule has 0 unspecified atom stereocenters. The van der Waals surface area contributed by atoms with Crippen LogP contribution in [0.4, 0.5) is 15.9 Å². The number of rotatable bonds is 6. The van der Waals surface area contributed by atoms with Crippen molar-refractivity contribution in [1.82, 2.24) is 25.5 Å². The predicted octanol–water partition coefficient (Wildman–Crippen LogP) is 2.45. The van der Waals surface area contributed by atoms with Crippen LogP contribution in [0.5, 0.6) is 0 Å². The van der Waals surface area contributed by atoms with Gasteiger partial charge in [0.15, 0.2) is 0 Å². The Balaban J connectivity index is 1.26. The number of hydrogen-bond acceptors (Lipinski definition) is 7. The number of alkyl halides is 1. The fourth-order valence-corrected chi connectivity index (χ4v) is 5.41. The minimum atomic E-state index is -0.743. The van der Waals surface area contributed by atoms with E-state index >= 15 is 0 Å². The van der Waals surface area contributed by atoms with Crippen LogP contribution in [-0.2, 0) is 11.2 Å². The second-order valence-corrected chi connectivity index (χ2v) is 9.83.